The predicted octanol–water partition coefficient (Wildman–Crippen LogP) is 4.21. The van der Waals surface area contributed by atoms with E-state index in [1.54, 1.807) is 30.7 Å². The maximum Gasteiger partial charge on any atom is 0.198 e. The Morgan fingerprint density at radius 1 is 1.32 bits per heavy atom. The van der Waals surface area contributed by atoms with Crippen molar-refractivity contribution in [2.75, 3.05) is 0 Å². The Balaban J connectivity index is 2.14. The highest BCUT2D eigenvalue weighted by Gasteiger charge is 2.18. The van der Waals surface area contributed by atoms with E-state index in [4.69, 9.17) is 16.0 Å². The SMILES string of the molecule is CCc1occc1C(=O)c1c[nH]c2ccc(Cl)cc12. The number of furan rings is 1. The van der Waals surface area contributed by atoms with Crippen LogP contribution in [0.5, 0.6) is 0 Å². The minimum atomic E-state index is -0.0425. The molecule has 19 heavy (non-hydrogen) atoms. The number of nitrogens with one attached hydrogen (secondary N) is 1. The zero-order valence-electron chi connectivity index (χ0n) is 10.4. The molecule has 4 heteroatoms. The number of hydrogen-bond acceptors (Lipinski definition) is 2. The Morgan fingerprint density at radius 2 is 2.16 bits per heavy atom. The third-order valence-corrected chi connectivity index (χ3v) is 3.43. The summed E-state index contributed by atoms with van der Waals surface area (Å²) in [5, 5.41) is 1.45. The Morgan fingerprint density at radius 3 is 2.95 bits per heavy atom. The van der Waals surface area contributed by atoms with Gasteiger partial charge < -0.3 is 9.40 Å². The molecule has 0 bridgehead atoms. The Hall–Kier alpha value is -2.00. The molecule has 3 aromatic rings. The second kappa shape index (κ2) is 4.59. The average molecular weight is 274 g/mol. The summed E-state index contributed by atoms with van der Waals surface area (Å²) in [6, 6.07) is 7.17. The Labute approximate surface area is 115 Å². The van der Waals surface area contributed by atoms with Crippen molar-refractivity contribution in [2.24, 2.45) is 0 Å². The van der Waals surface area contributed by atoms with Gasteiger partial charge in [0.2, 0.25) is 0 Å². The van der Waals surface area contributed by atoms with Crippen LogP contribution in [0.2, 0.25) is 5.02 Å². The van der Waals surface area contributed by atoms with E-state index in [2.05, 4.69) is 4.98 Å². The minimum absolute atomic E-state index is 0.0425. The van der Waals surface area contributed by atoms with Crippen LogP contribution in [0.25, 0.3) is 10.9 Å². The molecule has 2 heterocycles. The highest BCUT2D eigenvalue weighted by molar-refractivity contribution is 6.31. The van der Waals surface area contributed by atoms with E-state index < -0.39 is 0 Å². The number of carbonyl (C=O) groups is 1. The van der Waals surface area contributed by atoms with Crippen molar-refractivity contribution in [3.8, 4) is 0 Å². The van der Waals surface area contributed by atoms with Crippen LogP contribution >= 0.6 is 11.6 Å². The number of rotatable bonds is 3. The van der Waals surface area contributed by atoms with E-state index in [1.807, 2.05) is 13.0 Å². The lowest BCUT2D eigenvalue weighted by Gasteiger charge is -1.99. The first-order chi connectivity index (χ1) is 9.20. The maximum absolute atomic E-state index is 12.6. The van der Waals surface area contributed by atoms with Gasteiger partial charge in [0.15, 0.2) is 5.78 Å². The summed E-state index contributed by atoms with van der Waals surface area (Å²) in [4.78, 5) is 15.6. The molecule has 96 valence electrons. The van der Waals surface area contributed by atoms with Gasteiger partial charge in [-0.2, -0.15) is 0 Å². The number of benzene rings is 1. The fourth-order valence-electron chi connectivity index (χ4n) is 2.24. The third-order valence-electron chi connectivity index (χ3n) is 3.20. The van der Waals surface area contributed by atoms with Crippen molar-refractivity contribution in [3.05, 3.63) is 58.6 Å². The normalized spacial score (nSPS) is 11.1. The number of aromatic nitrogens is 1. The summed E-state index contributed by atoms with van der Waals surface area (Å²) in [6.45, 7) is 1.96. The standard InChI is InChI=1S/C15H12ClNO2/c1-2-14-10(5-6-19-14)15(18)12-8-17-13-4-3-9(16)7-11(12)13/h3-8,17H,2H2,1H3. The molecule has 0 amide bonds. The van der Waals surface area contributed by atoms with E-state index in [1.165, 1.54) is 0 Å². The highest BCUT2D eigenvalue weighted by atomic mass is 35.5. The van der Waals surface area contributed by atoms with Crippen LogP contribution in [0.1, 0.15) is 28.6 Å². The average Bonchev–Trinajstić information content (AvgIpc) is 3.03. The van der Waals surface area contributed by atoms with Crippen molar-refractivity contribution in [1.29, 1.82) is 0 Å². The number of fused-ring (bicyclic) bond motifs is 1. The number of ketones is 1. The van der Waals surface area contributed by atoms with Gasteiger partial charge in [-0.25, -0.2) is 0 Å². The zero-order chi connectivity index (χ0) is 13.4. The molecule has 0 radical (unpaired) electrons. The van der Waals surface area contributed by atoms with Gasteiger partial charge in [0.05, 0.1) is 11.8 Å². The smallest absolute Gasteiger partial charge is 0.198 e. The van der Waals surface area contributed by atoms with Crippen molar-refractivity contribution >= 4 is 28.3 Å². The quantitative estimate of drug-likeness (QED) is 0.727. The lowest BCUT2D eigenvalue weighted by Crippen LogP contribution is -2.01. The van der Waals surface area contributed by atoms with Gasteiger partial charge in [-0.3, -0.25) is 4.79 Å². The number of aryl methyl sites for hydroxylation is 1. The molecule has 2 aromatic heterocycles. The van der Waals surface area contributed by atoms with Gasteiger partial charge in [0.25, 0.3) is 0 Å². The van der Waals surface area contributed by atoms with Crippen LogP contribution in [0.3, 0.4) is 0 Å². The largest absolute Gasteiger partial charge is 0.469 e. The number of halogens is 1. The van der Waals surface area contributed by atoms with Crippen molar-refractivity contribution in [3.63, 3.8) is 0 Å². The van der Waals surface area contributed by atoms with E-state index in [9.17, 15) is 4.79 Å². The maximum atomic E-state index is 12.6. The summed E-state index contributed by atoms with van der Waals surface area (Å²) in [7, 11) is 0. The van der Waals surface area contributed by atoms with Crippen LogP contribution in [-0.4, -0.2) is 10.8 Å². The first kappa shape index (κ1) is 12.1. The summed E-state index contributed by atoms with van der Waals surface area (Å²) in [5.41, 5.74) is 2.13. The Kier molecular flexibility index (Phi) is 2.91. The molecule has 3 nitrogen and oxygen atoms in total. The van der Waals surface area contributed by atoms with Gasteiger partial charge in [-0.1, -0.05) is 18.5 Å². The zero-order valence-corrected chi connectivity index (χ0v) is 11.1. The van der Waals surface area contributed by atoms with Crippen LogP contribution in [0.4, 0.5) is 0 Å². The molecular weight excluding hydrogens is 262 g/mol. The molecule has 0 aliphatic carbocycles. The van der Waals surface area contributed by atoms with Gasteiger partial charge in [-0.05, 0) is 24.3 Å². The minimum Gasteiger partial charge on any atom is -0.469 e. The molecule has 0 unspecified atom stereocenters. The molecule has 3 rings (SSSR count). The molecule has 0 aliphatic heterocycles. The van der Waals surface area contributed by atoms with Gasteiger partial charge in [-0.15, -0.1) is 0 Å². The lowest BCUT2D eigenvalue weighted by molar-refractivity contribution is 0.103. The topological polar surface area (TPSA) is 46.0 Å². The summed E-state index contributed by atoms with van der Waals surface area (Å²) < 4.78 is 5.31. The molecule has 0 aliphatic rings. The van der Waals surface area contributed by atoms with Crippen molar-refractivity contribution < 1.29 is 9.21 Å². The third kappa shape index (κ3) is 1.96. The first-order valence-corrected chi connectivity index (χ1v) is 6.46. The number of aromatic amines is 1. The molecule has 0 atom stereocenters. The second-order valence-electron chi connectivity index (χ2n) is 4.33. The van der Waals surface area contributed by atoms with Gasteiger partial charge >= 0.3 is 0 Å². The summed E-state index contributed by atoms with van der Waals surface area (Å²) in [6.07, 6.45) is 3.96. The van der Waals surface area contributed by atoms with E-state index >= 15 is 0 Å². The van der Waals surface area contributed by atoms with E-state index in [0.29, 0.717) is 28.3 Å². The van der Waals surface area contributed by atoms with Crippen LogP contribution < -0.4 is 0 Å². The van der Waals surface area contributed by atoms with E-state index in [-0.39, 0.29) is 5.78 Å². The Bertz CT molecular complexity index is 754. The summed E-state index contributed by atoms with van der Waals surface area (Å²) >= 11 is 5.99. The van der Waals surface area contributed by atoms with Gasteiger partial charge in [0, 0.05) is 34.1 Å². The molecular formula is C15H12ClNO2. The van der Waals surface area contributed by atoms with E-state index in [0.717, 1.165) is 10.9 Å². The molecule has 0 saturated heterocycles. The molecule has 0 saturated carbocycles. The number of carbonyl (C=O) groups excluding carboxylic acids is 1. The lowest BCUT2D eigenvalue weighted by atomic mass is 10.0. The fourth-order valence-corrected chi connectivity index (χ4v) is 2.41. The molecule has 0 fully saturated rings. The predicted molar refractivity (Wildman–Crippen MR) is 74.8 cm³/mol. The van der Waals surface area contributed by atoms with Crippen molar-refractivity contribution in [2.45, 2.75) is 13.3 Å². The first-order valence-electron chi connectivity index (χ1n) is 6.08. The number of hydrogen-bond donors (Lipinski definition) is 1. The molecule has 1 aromatic carbocycles. The molecule has 1 N–H and O–H groups in total. The highest BCUT2D eigenvalue weighted by Crippen LogP contribution is 2.25. The summed E-state index contributed by atoms with van der Waals surface area (Å²) in [5.74, 6) is 0.667. The van der Waals surface area contributed by atoms with Gasteiger partial charge in [0.1, 0.15) is 5.76 Å². The van der Waals surface area contributed by atoms with Crippen LogP contribution in [0.15, 0.2) is 41.1 Å². The monoisotopic (exact) mass is 273 g/mol. The van der Waals surface area contributed by atoms with Crippen LogP contribution in [-0.2, 0) is 6.42 Å². The van der Waals surface area contributed by atoms with Crippen LogP contribution in [0, 0.1) is 0 Å². The molecule has 0 spiro atoms. The number of H-pyrrole nitrogens is 1. The fraction of sp³-hybridized carbons (Fsp3) is 0.133. The second-order valence-corrected chi connectivity index (χ2v) is 4.77. The van der Waals surface area contributed by atoms with Crippen molar-refractivity contribution in [1.82, 2.24) is 4.98 Å².